The molecule has 1 atom stereocenters. The van der Waals surface area contributed by atoms with E-state index in [1.54, 1.807) is 6.07 Å². The van der Waals surface area contributed by atoms with Gasteiger partial charge >= 0.3 is 6.01 Å². The summed E-state index contributed by atoms with van der Waals surface area (Å²) in [5, 5.41) is 13.8. The fourth-order valence-electron chi connectivity index (χ4n) is 2.38. The van der Waals surface area contributed by atoms with Crippen molar-refractivity contribution in [3.05, 3.63) is 29.9 Å². The van der Waals surface area contributed by atoms with Gasteiger partial charge < -0.3 is 14.3 Å². The van der Waals surface area contributed by atoms with Gasteiger partial charge in [0.2, 0.25) is 5.89 Å². The lowest BCUT2D eigenvalue weighted by Gasteiger charge is -2.05. The van der Waals surface area contributed by atoms with Crippen LogP contribution in [0.4, 0.5) is 6.01 Å². The van der Waals surface area contributed by atoms with Gasteiger partial charge in [-0.1, -0.05) is 5.10 Å². The Bertz CT molecular complexity index is 597. The zero-order valence-electron chi connectivity index (χ0n) is 11.3. The van der Waals surface area contributed by atoms with E-state index in [-0.39, 0.29) is 18.0 Å². The largest absolute Gasteiger partial charge is 0.406 e. The molecule has 7 heteroatoms. The van der Waals surface area contributed by atoms with Crippen LogP contribution >= 0.6 is 0 Å². The molecule has 2 N–H and O–H groups in total. The van der Waals surface area contributed by atoms with E-state index >= 15 is 0 Å². The average Bonchev–Trinajstić information content (AvgIpc) is 3.19. The summed E-state index contributed by atoms with van der Waals surface area (Å²) in [5.41, 5.74) is 0.575. The summed E-state index contributed by atoms with van der Waals surface area (Å²) < 4.78 is 7.34. The van der Waals surface area contributed by atoms with Gasteiger partial charge in [0, 0.05) is 12.7 Å². The molecule has 2 aromatic heterocycles. The molecule has 1 aliphatic rings. The quantitative estimate of drug-likeness (QED) is 0.884. The fraction of sp³-hybridized carbons (Fsp3) is 0.462. The highest BCUT2D eigenvalue weighted by Gasteiger charge is 2.23. The summed E-state index contributed by atoms with van der Waals surface area (Å²) in [6, 6.07) is 3.84. The van der Waals surface area contributed by atoms with Crippen LogP contribution in [0.1, 0.15) is 42.2 Å². The minimum atomic E-state index is -0.244. The maximum atomic E-state index is 12.1. The molecule has 1 saturated heterocycles. The number of hydrogen-bond acceptors (Lipinski definition) is 5. The van der Waals surface area contributed by atoms with Crippen LogP contribution in [0.3, 0.4) is 0 Å². The Hall–Kier alpha value is -2.15. The Labute approximate surface area is 116 Å². The van der Waals surface area contributed by atoms with Gasteiger partial charge in [-0.3, -0.25) is 10.1 Å². The lowest BCUT2D eigenvalue weighted by Crippen LogP contribution is -2.16. The smallest absolute Gasteiger partial charge is 0.322 e. The third-order valence-electron chi connectivity index (χ3n) is 3.42. The average molecular weight is 275 g/mol. The van der Waals surface area contributed by atoms with Crippen molar-refractivity contribution in [1.82, 2.24) is 20.1 Å². The molecule has 20 heavy (non-hydrogen) atoms. The molecule has 1 amide bonds. The van der Waals surface area contributed by atoms with Gasteiger partial charge in [0.15, 0.2) is 0 Å². The molecule has 0 bridgehead atoms. The third kappa shape index (κ3) is 2.44. The number of aromatic nitrogens is 3. The molecule has 3 rings (SSSR count). The van der Waals surface area contributed by atoms with Crippen LogP contribution in [0.25, 0.3) is 0 Å². The molecule has 0 aliphatic carbocycles. The number of amides is 1. The summed E-state index contributed by atoms with van der Waals surface area (Å²) >= 11 is 0. The highest BCUT2D eigenvalue weighted by atomic mass is 16.4. The van der Waals surface area contributed by atoms with Crippen LogP contribution in [-0.2, 0) is 6.54 Å². The Morgan fingerprint density at radius 3 is 3.25 bits per heavy atom. The lowest BCUT2D eigenvalue weighted by atomic mass is 10.2. The van der Waals surface area contributed by atoms with Crippen molar-refractivity contribution in [1.29, 1.82) is 0 Å². The van der Waals surface area contributed by atoms with Crippen molar-refractivity contribution in [2.24, 2.45) is 0 Å². The van der Waals surface area contributed by atoms with Crippen LogP contribution < -0.4 is 10.6 Å². The van der Waals surface area contributed by atoms with Crippen molar-refractivity contribution < 1.29 is 9.21 Å². The van der Waals surface area contributed by atoms with Crippen LogP contribution in [0.2, 0.25) is 0 Å². The molecular formula is C13H17N5O2. The van der Waals surface area contributed by atoms with E-state index in [1.807, 2.05) is 23.8 Å². The fourth-order valence-corrected chi connectivity index (χ4v) is 2.38. The highest BCUT2D eigenvalue weighted by molar-refractivity contribution is 6.01. The van der Waals surface area contributed by atoms with Crippen molar-refractivity contribution >= 4 is 11.9 Å². The van der Waals surface area contributed by atoms with E-state index in [2.05, 4.69) is 20.8 Å². The number of nitrogens with one attached hydrogen (secondary N) is 2. The first-order valence-corrected chi connectivity index (χ1v) is 6.81. The number of anilines is 1. The van der Waals surface area contributed by atoms with Crippen LogP contribution in [0.5, 0.6) is 0 Å². The van der Waals surface area contributed by atoms with Crippen LogP contribution in [0.15, 0.2) is 22.7 Å². The number of rotatable bonds is 4. The summed E-state index contributed by atoms with van der Waals surface area (Å²) in [4.78, 5) is 12.1. The highest BCUT2D eigenvalue weighted by Crippen LogP contribution is 2.22. The number of aryl methyl sites for hydroxylation is 1. The van der Waals surface area contributed by atoms with Gasteiger partial charge in [0.05, 0.1) is 6.04 Å². The number of carbonyl (C=O) groups is 1. The second-order valence-electron chi connectivity index (χ2n) is 4.73. The maximum absolute atomic E-state index is 12.1. The first-order chi connectivity index (χ1) is 9.78. The SMILES string of the molecule is CCn1cccc1C(=O)Nc1nnc(C2CCCN2)o1. The molecule has 2 aromatic rings. The van der Waals surface area contributed by atoms with E-state index < -0.39 is 0 Å². The van der Waals surface area contributed by atoms with E-state index in [0.717, 1.165) is 25.9 Å². The second-order valence-corrected chi connectivity index (χ2v) is 4.73. The number of hydrogen-bond donors (Lipinski definition) is 2. The molecule has 0 saturated carbocycles. The van der Waals surface area contributed by atoms with Crippen molar-refractivity contribution in [3.8, 4) is 0 Å². The lowest BCUT2D eigenvalue weighted by molar-refractivity contribution is 0.101. The zero-order chi connectivity index (χ0) is 13.9. The van der Waals surface area contributed by atoms with E-state index in [0.29, 0.717) is 11.6 Å². The van der Waals surface area contributed by atoms with E-state index in [4.69, 9.17) is 4.42 Å². The first kappa shape index (κ1) is 12.9. The summed E-state index contributed by atoms with van der Waals surface area (Å²) in [5.74, 6) is 0.287. The predicted octanol–water partition coefficient (Wildman–Crippen LogP) is 1.57. The summed E-state index contributed by atoms with van der Waals surface area (Å²) in [7, 11) is 0. The van der Waals surface area contributed by atoms with E-state index in [9.17, 15) is 4.79 Å². The monoisotopic (exact) mass is 275 g/mol. The number of nitrogens with zero attached hydrogens (tertiary/aromatic N) is 3. The normalized spacial score (nSPS) is 18.4. The van der Waals surface area contributed by atoms with Crippen molar-refractivity contribution in [2.75, 3.05) is 11.9 Å². The van der Waals surface area contributed by atoms with Gasteiger partial charge in [-0.2, -0.15) is 0 Å². The maximum Gasteiger partial charge on any atom is 0.322 e. The molecule has 1 unspecified atom stereocenters. The summed E-state index contributed by atoms with van der Waals surface area (Å²) in [6.07, 6.45) is 3.93. The zero-order valence-corrected chi connectivity index (χ0v) is 11.3. The second kappa shape index (κ2) is 5.46. The molecule has 1 fully saturated rings. The molecule has 0 spiro atoms. The Balaban J connectivity index is 1.70. The Morgan fingerprint density at radius 2 is 2.50 bits per heavy atom. The molecule has 0 aromatic carbocycles. The van der Waals surface area contributed by atoms with Crippen LogP contribution in [0, 0.1) is 0 Å². The predicted molar refractivity (Wildman–Crippen MR) is 72.3 cm³/mol. The molecule has 3 heterocycles. The topological polar surface area (TPSA) is 85.0 Å². The summed E-state index contributed by atoms with van der Waals surface area (Å²) in [6.45, 7) is 3.67. The van der Waals surface area contributed by atoms with Crippen molar-refractivity contribution in [2.45, 2.75) is 32.4 Å². The van der Waals surface area contributed by atoms with Gasteiger partial charge in [0.1, 0.15) is 5.69 Å². The molecule has 7 nitrogen and oxygen atoms in total. The van der Waals surface area contributed by atoms with E-state index in [1.165, 1.54) is 0 Å². The van der Waals surface area contributed by atoms with Crippen molar-refractivity contribution in [3.63, 3.8) is 0 Å². The molecule has 0 radical (unpaired) electrons. The van der Waals surface area contributed by atoms with Gasteiger partial charge in [-0.15, -0.1) is 5.10 Å². The molecule has 1 aliphatic heterocycles. The first-order valence-electron chi connectivity index (χ1n) is 6.81. The Kier molecular flexibility index (Phi) is 3.51. The van der Waals surface area contributed by atoms with Crippen LogP contribution in [-0.4, -0.2) is 27.2 Å². The number of carbonyl (C=O) groups excluding carboxylic acids is 1. The van der Waals surface area contributed by atoms with Gasteiger partial charge in [-0.05, 0) is 38.4 Å². The minimum Gasteiger partial charge on any atom is -0.406 e. The van der Waals surface area contributed by atoms with Gasteiger partial charge in [0.25, 0.3) is 5.91 Å². The molecular weight excluding hydrogens is 258 g/mol. The van der Waals surface area contributed by atoms with Gasteiger partial charge in [-0.25, -0.2) is 0 Å². The third-order valence-corrected chi connectivity index (χ3v) is 3.42. The Morgan fingerprint density at radius 1 is 1.60 bits per heavy atom. The molecule has 106 valence electrons. The minimum absolute atomic E-state index is 0.104. The standard InChI is InChI=1S/C13H17N5O2/c1-2-18-8-4-6-10(18)11(19)15-13-17-16-12(20-13)9-5-3-7-14-9/h4,6,8-9,14H,2-3,5,7H2,1H3,(H,15,17,19).